The van der Waals surface area contributed by atoms with E-state index in [1.165, 1.54) is 38.5 Å². The fraction of sp³-hybridized carbons (Fsp3) is 1.00. The third kappa shape index (κ3) is 8.06. The summed E-state index contributed by atoms with van der Waals surface area (Å²) in [5, 5.41) is 3.71. The van der Waals surface area contributed by atoms with Gasteiger partial charge < -0.3 is 15.0 Å². The first kappa shape index (κ1) is 15.9. The van der Waals surface area contributed by atoms with Crippen LogP contribution >= 0.6 is 0 Å². The van der Waals surface area contributed by atoms with Gasteiger partial charge >= 0.3 is 0 Å². The molecule has 108 valence electrons. The Morgan fingerprint density at radius 3 is 2.39 bits per heavy atom. The zero-order valence-corrected chi connectivity index (χ0v) is 12.6. The zero-order valence-electron chi connectivity index (χ0n) is 12.6. The van der Waals surface area contributed by atoms with Gasteiger partial charge in [0.05, 0.1) is 12.7 Å². The van der Waals surface area contributed by atoms with E-state index in [0.717, 1.165) is 32.3 Å². The van der Waals surface area contributed by atoms with Crippen molar-refractivity contribution in [3.63, 3.8) is 0 Å². The van der Waals surface area contributed by atoms with Gasteiger partial charge in [0, 0.05) is 25.7 Å². The Kier molecular flexibility index (Phi) is 8.64. The van der Waals surface area contributed by atoms with Crippen LogP contribution in [-0.4, -0.2) is 50.3 Å². The Morgan fingerprint density at radius 2 is 1.78 bits per heavy atom. The average Bonchev–Trinajstić information content (AvgIpc) is 2.57. The predicted octanol–water partition coefficient (Wildman–Crippen LogP) is 2.66. The van der Waals surface area contributed by atoms with Crippen LogP contribution in [0.4, 0.5) is 0 Å². The molecule has 0 bridgehead atoms. The first-order valence-electron chi connectivity index (χ1n) is 7.72. The van der Waals surface area contributed by atoms with Gasteiger partial charge in [-0.05, 0) is 33.7 Å². The second-order valence-electron chi connectivity index (χ2n) is 5.87. The molecule has 0 atom stereocenters. The van der Waals surface area contributed by atoms with E-state index in [4.69, 9.17) is 4.74 Å². The number of likely N-dealkylation sites (N-methyl/N-ethyl adjacent to an activating group) is 1. The van der Waals surface area contributed by atoms with Gasteiger partial charge in [-0.1, -0.05) is 25.7 Å². The Morgan fingerprint density at radius 1 is 1.11 bits per heavy atom. The highest BCUT2D eigenvalue weighted by Gasteiger charge is 2.11. The summed E-state index contributed by atoms with van der Waals surface area (Å²) in [6.45, 7) is 8.30. The van der Waals surface area contributed by atoms with E-state index < -0.39 is 0 Å². The molecule has 1 aliphatic rings. The number of ether oxygens (including phenoxy) is 1. The van der Waals surface area contributed by atoms with E-state index in [-0.39, 0.29) is 0 Å². The Bertz CT molecular complexity index is 189. The van der Waals surface area contributed by atoms with Crippen molar-refractivity contribution in [2.24, 2.45) is 0 Å². The minimum Gasteiger partial charge on any atom is -0.377 e. The van der Waals surface area contributed by atoms with E-state index in [1.54, 1.807) is 0 Å². The maximum atomic E-state index is 5.56. The quantitative estimate of drug-likeness (QED) is 0.676. The molecule has 0 spiro atoms. The van der Waals surface area contributed by atoms with Gasteiger partial charge in [-0.25, -0.2) is 0 Å². The molecule has 1 rings (SSSR count). The van der Waals surface area contributed by atoms with Crippen LogP contribution in [0.2, 0.25) is 0 Å². The highest BCUT2D eigenvalue weighted by atomic mass is 16.5. The van der Waals surface area contributed by atoms with Gasteiger partial charge in [0.25, 0.3) is 0 Å². The Labute approximate surface area is 113 Å². The molecule has 0 aromatic rings. The minimum absolute atomic E-state index is 0.350. The summed E-state index contributed by atoms with van der Waals surface area (Å²) in [6, 6.07) is 0.771. The summed E-state index contributed by atoms with van der Waals surface area (Å²) < 4.78 is 5.56. The van der Waals surface area contributed by atoms with Crippen molar-refractivity contribution in [2.75, 3.05) is 33.3 Å². The number of nitrogens with zero attached hydrogens (tertiary/aromatic N) is 1. The van der Waals surface area contributed by atoms with Crippen LogP contribution in [0.15, 0.2) is 0 Å². The van der Waals surface area contributed by atoms with Crippen molar-refractivity contribution in [1.29, 1.82) is 0 Å². The molecule has 1 aliphatic carbocycles. The lowest BCUT2D eigenvalue weighted by molar-refractivity contribution is 0.0639. The molecule has 18 heavy (non-hydrogen) atoms. The molecule has 0 unspecified atom stereocenters. The molecule has 0 amide bonds. The van der Waals surface area contributed by atoms with Crippen LogP contribution < -0.4 is 5.32 Å². The SMILES string of the molecule is CC(C)OCCN(C)CCNC1CCCCCC1. The summed E-state index contributed by atoms with van der Waals surface area (Å²) in [4.78, 5) is 2.35. The van der Waals surface area contributed by atoms with E-state index in [0.29, 0.717) is 6.10 Å². The third-order valence-corrected chi connectivity index (χ3v) is 3.71. The summed E-state index contributed by atoms with van der Waals surface area (Å²) in [5.41, 5.74) is 0. The highest BCUT2D eigenvalue weighted by molar-refractivity contribution is 4.71. The molecule has 3 heteroatoms. The van der Waals surface area contributed by atoms with Crippen molar-refractivity contribution in [2.45, 2.75) is 64.5 Å². The second kappa shape index (κ2) is 9.76. The molecule has 1 saturated carbocycles. The van der Waals surface area contributed by atoms with Gasteiger partial charge in [0.2, 0.25) is 0 Å². The molecular formula is C15H32N2O. The lowest BCUT2D eigenvalue weighted by Gasteiger charge is -2.21. The molecule has 0 heterocycles. The maximum absolute atomic E-state index is 5.56. The number of rotatable bonds is 8. The third-order valence-electron chi connectivity index (χ3n) is 3.71. The zero-order chi connectivity index (χ0) is 13.2. The van der Waals surface area contributed by atoms with Crippen molar-refractivity contribution in [3.05, 3.63) is 0 Å². The highest BCUT2D eigenvalue weighted by Crippen LogP contribution is 2.16. The fourth-order valence-electron chi connectivity index (χ4n) is 2.50. The first-order valence-corrected chi connectivity index (χ1v) is 7.72. The molecule has 1 N–H and O–H groups in total. The van der Waals surface area contributed by atoms with Gasteiger partial charge in [-0.2, -0.15) is 0 Å². The molecule has 0 aliphatic heterocycles. The lowest BCUT2D eigenvalue weighted by Crippen LogP contribution is -2.36. The minimum atomic E-state index is 0.350. The van der Waals surface area contributed by atoms with Crippen molar-refractivity contribution in [1.82, 2.24) is 10.2 Å². The van der Waals surface area contributed by atoms with E-state index in [2.05, 4.69) is 31.1 Å². The number of hydrogen-bond donors (Lipinski definition) is 1. The standard InChI is InChI=1S/C15H32N2O/c1-14(2)18-13-12-17(3)11-10-16-15-8-6-4-5-7-9-15/h14-16H,4-13H2,1-3H3. The van der Waals surface area contributed by atoms with Gasteiger partial charge in [-0.3, -0.25) is 0 Å². The molecule has 0 aromatic carbocycles. The van der Waals surface area contributed by atoms with Crippen LogP contribution in [0.1, 0.15) is 52.4 Å². The molecule has 0 saturated heterocycles. The monoisotopic (exact) mass is 256 g/mol. The molecule has 3 nitrogen and oxygen atoms in total. The molecule has 0 radical (unpaired) electrons. The smallest absolute Gasteiger partial charge is 0.0596 e. The normalized spacial score (nSPS) is 18.5. The van der Waals surface area contributed by atoms with E-state index in [9.17, 15) is 0 Å². The summed E-state index contributed by atoms with van der Waals surface area (Å²) in [6.07, 6.45) is 8.80. The predicted molar refractivity (Wildman–Crippen MR) is 78.1 cm³/mol. The molecular weight excluding hydrogens is 224 g/mol. The number of hydrogen-bond acceptors (Lipinski definition) is 3. The average molecular weight is 256 g/mol. The Hall–Kier alpha value is -0.120. The lowest BCUT2D eigenvalue weighted by atomic mass is 10.1. The van der Waals surface area contributed by atoms with Crippen LogP contribution in [0, 0.1) is 0 Å². The van der Waals surface area contributed by atoms with Crippen molar-refractivity contribution < 1.29 is 4.74 Å². The van der Waals surface area contributed by atoms with Crippen LogP contribution in [-0.2, 0) is 4.74 Å². The van der Waals surface area contributed by atoms with Gasteiger partial charge in [0.15, 0.2) is 0 Å². The fourth-order valence-corrected chi connectivity index (χ4v) is 2.50. The summed E-state index contributed by atoms with van der Waals surface area (Å²) >= 11 is 0. The second-order valence-corrected chi connectivity index (χ2v) is 5.87. The number of nitrogens with one attached hydrogen (secondary N) is 1. The summed E-state index contributed by atoms with van der Waals surface area (Å²) in [5.74, 6) is 0. The Balaban J connectivity index is 1.98. The van der Waals surface area contributed by atoms with Crippen LogP contribution in [0.3, 0.4) is 0 Å². The topological polar surface area (TPSA) is 24.5 Å². The maximum Gasteiger partial charge on any atom is 0.0596 e. The first-order chi connectivity index (χ1) is 8.68. The van der Waals surface area contributed by atoms with Crippen molar-refractivity contribution >= 4 is 0 Å². The van der Waals surface area contributed by atoms with Crippen LogP contribution in [0.25, 0.3) is 0 Å². The van der Waals surface area contributed by atoms with E-state index in [1.807, 2.05) is 0 Å². The summed E-state index contributed by atoms with van der Waals surface area (Å²) in [7, 11) is 2.18. The molecule has 1 fully saturated rings. The van der Waals surface area contributed by atoms with Gasteiger partial charge in [0.1, 0.15) is 0 Å². The van der Waals surface area contributed by atoms with Crippen LogP contribution in [0.5, 0.6) is 0 Å². The van der Waals surface area contributed by atoms with E-state index >= 15 is 0 Å². The molecule has 0 aromatic heterocycles. The van der Waals surface area contributed by atoms with Crippen molar-refractivity contribution in [3.8, 4) is 0 Å². The largest absolute Gasteiger partial charge is 0.377 e. The van der Waals surface area contributed by atoms with Gasteiger partial charge in [-0.15, -0.1) is 0 Å².